The lowest BCUT2D eigenvalue weighted by Gasteiger charge is -2.14. The van der Waals surface area contributed by atoms with Crippen molar-refractivity contribution in [2.24, 2.45) is 5.92 Å². The first-order valence-electron chi connectivity index (χ1n) is 6.74. The maximum atomic E-state index is 9.66. The fraction of sp³-hybridized carbons (Fsp3) is 0.600. The zero-order valence-electron chi connectivity index (χ0n) is 11.6. The quantitative estimate of drug-likeness (QED) is 0.698. The van der Waals surface area contributed by atoms with E-state index in [1.807, 2.05) is 32.9 Å². The van der Waals surface area contributed by atoms with Gasteiger partial charge in [-0.25, -0.2) is 0 Å². The summed E-state index contributed by atoms with van der Waals surface area (Å²) in [4.78, 5) is 0. The lowest BCUT2D eigenvalue weighted by atomic mass is 10.0. The second-order valence-electron chi connectivity index (χ2n) is 4.85. The summed E-state index contributed by atoms with van der Waals surface area (Å²) in [5, 5.41) is 13.0. The van der Waals surface area contributed by atoms with Crippen LogP contribution in [0.1, 0.15) is 32.8 Å². The highest BCUT2D eigenvalue weighted by Gasteiger charge is 2.07. The van der Waals surface area contributed by atoms with E-state index in [0.717, 1.165) is 25.3 Å². The van der Waals surface area contributed by atoms with E-state index < -0.39 is 0 Å². The molecule has 1 aromatic carbocycles. The van der Waals surface area contributed by atoms with Crippen LogP contribution in [0.2, 0.25) is 0 Å². The van der Waals surface area contributed by atoms with E-state index in [9.17, 15) is 5.11 Å². The first-order valence-corrected chi connectivity index (χ1v) is 6.74. The van der Waals surface area contributed by atoms with Gasteiger partial charge in [-0.2, -0.15) is 0 Å². The summed E-state index contributed by atoms with van der Waals surface area (Å²) in [6.07, 6.45) is 0.590. The highest BCUT2D eigenvalue weighted by Crippen LogP contribution is 2.12. The molecule has 1 atom stereocenters. The number of aliphatic hydroxyl groups is 1. The molecule has 0 aliphatic carbocycles. The van der Waals surface area contributed by atoms with Gasteiger partial charge >= 0.3 is 0 Å². The molecule has 0 fully saturated rings. The summed E-state index contributed by atoms with van der Waals surface area (Å²) >= 11 is 0. The number of hydrogen-bond acceptors (Lipinski definition) is 3. The van der Waals surface area contributed by atoms with Crippen LogP contribution in [-0.4, -0.2) is 24.4 Å². The third-order valence-electron chi connectivity index (χ3n) is 2.95. The van der Waals surface area contributed by atoms with Gasteiger partial charge < -0.3 is 15.2 Å². The minimum atomic E-state index is -0.210. The smallest absolute Gasteiger partial charge is 0.119 e. The van der Waals surface area contributed by atoms with Crippen LogP contribution in [0.4, 0.5) is 0 Å². The van der Waals surface area contributed by atoms with E-state index >= 15 is 0 Å². The summed E-state index contributed by atoms with van der Waals surface area (Å²) in [6.45, 7) is 8.43. The minimum Gasteiger partial charge on any atom is -0.494 e. The van der Waals surface area contributed by atoms with E-state index in [2.05, 4.69) is 17.4 Å². The van der Waals surface area contributed by atoms with E-state index in [1.54, 1.807) is 0 Å². The van der Waals surface area contributed by atoms with Crippen molar-refractivity contribution in [2.45, 2.75) is 39.8 Å². The summed E-state index contributed by atoms with van der Waals surface area (Å²) in [5.74, 6) is 1.24. The van der Waals surface area contributed by atoms with Crippen LogP contribution in [0.25, 0.3) is 0 Å². The van der Waals surface area contributed by atoms with Crippen molar-refractivity contribution in [3.8, 4) is 5.75 Å². The van der Waals surface area contributed by atoms with Gasteiger partial charge in [-0.1, -0.05) is 26.0 Å². The maximum Gasteiger partial charge on any atom is 0.119 e. The molecule has 1 rings (SSSR count). The lowest BCUT2D eigenvalue weighted by Crippen LogP contribution is -2.23. The Morgan fingerprint density at radius 2 is 1.89 bits per heavy atom. The van der Waals surface area contributed by atoms with Crippen LogP contribution in [0.15, 0.2) is 24.3 Å². The summed E-state index contributed by atoms with van der Waals surface area (Å²) < 4.78 is 5.39. The Hall–Kier alpha value is -1.06. The monoisotopic (exact) mass is 251 g/mol. The van der Waals surface area contributed by atoms with Crippen molar-refractivity contribution in [1.29, 1.82) is 0 Å². The Kier molecular flexibility index (Phi) is 6.76. The molecule has 0 aromatic heterocycles. The average Bonchev–Trinajstić information content (AvgIpc) is 2.36. The van der Waals surface area contributed by atoms with Gasteiger partial charge in [0.1, 0.15) is 5.75 Å². The van der Waals surface area contributed by atoms with Gasteiger partial charge in [-0.15, -0.1) is 0 Å². The van der Waals surface area contributed by atoms with E-state index in [1.165, 1.54) is 5.56 Å². The lowest BCUT2D eigenvalue weighted by molar-refractivity contribution is 0.116. The molecule has 0 heterocycles. The van der Waals surface area contributed by atoms with Gasteiger partial charge in [0.25, 0.3) is 0 Å². The van der Waals surface area contributed by atoms with Crippen molar-refractivity contribution >= 4 is 0 Å². The fourth-order valence-electron chi connectivity index (χ4n) is 1.69. The standard InChI is InChI=1S/C15H25NO2/c1-4-18-14-7-5-13(6-8-14)11-16-10-9-15(17)12(2)3/h5-8,12,15-17H,4,9-11H2,1-3H3. The van der Waals surface area contributed by atoms with E-state index in [-0.39, 0.29) is 6.10 Å². The van der Waals surface area contributed by atoms with Crippen LogP contribution in [-0.2, 0) is 6.54 Å². The molecule has 1 aromatic rings. The van der Waals surface area contributed by atoms with Crippen LogP contribution in [0.5, 0.6) is 5.75 Å². The number of nitrogens with one attached hydrogen (secondary N) is 1. The largest absolute Gasteiger partial charge is 0.494 e. The summed E-state index contributed by atoms with van der Waals surface area (Å²) in [5.41, 5.74) is 1.23. The SMILES string of the molecule is CCOc1ccc(CNCCC(O)C(C)C)cc1. The highest BCUT2D eigenvalue weighted by molar-refractivity contribution is 5.27. The second kappa shape index (κ2) is 8.11. The average molecular weight is 251 g/mol. The zero-order valence-corrected chi connectivity index (χ0v) is 11.6. The molecule has 0 aliphatic rings. The molecule has 18 heavy (non-hydrogen) atoms. The molecule has 3 nitrogen and oxygen atoms in total. The molecule has 0 spiro atoms. The molecule has 102 valence electrons. The Morgan fingerprint density at radius 3 is 2.44 bits per heavy atom. The van der Waals surface area contributed by atoms with Crippen LogP contribution < -0.4 is 10.1 Å². The molecular formula is C15H25NO2. The third kappa shape index (κ3) is 5.52. The molecule has 0 saturated carbocycles. The van der Waals surface area contributed by atoms with Crippen LogP contribution in [0, 0.1) is 5.92 Å². The molecule has 0 radical (unpaired) electrons. The predicted molar refractivity (Wildman–Crippen MR) is 74.8 cm³/mol. The summed E-state index contributed by atoms with van der Waals surface area (Å²) in [7, 11) is 0. The Morgan fingerprint density at radius 1 is 1.22 bits per heavy atom. The van der Waals surface area contributed by atoms with Crippen molar-refractivity contribution < 1.29 is 9.84 Å². The molecule has 2 N–H and O–H groups in total. The third-order valence-corrected chi connectivity index (χ3v) is 2.95. The number of benzene rings is 1. The Labute approximate surface area is 110 Å². The van der Waals surface area contributed by atoms with E-state index in [4.69, 9.17) is 4.74 Å². The van der Waals surface area contributed by atoms with Gasteiger partial charge in [0.2, 0.25) is 0 Å². The Bertz CT molecular complexity index is 322. The van der Waals surface area contributed by atoms with Crippen molar-refractivity contribution in [2.75, 3.05) is 13.2 Å². The fourth-order valence-corrected chi connectivity index (χ4v) is 1.69. The van der Waals surface area contributed by atoms with Gasteiger partial charge in [0.05, 0.1) is 12.7 Å². The normalized spacial score (nSPS) is 12.7. The topological polar surface area (TPSA) is 41.5 Å². The molecule has 0 aliphatic heterocycles. The van der Waals surface area contributed by atoms with Gasteiger partial charge in [0.15, 0.2) is 0 Å². The van der Waals surface area contributed by atoms with E-state index in [0.29, 0.717) is 12.5 Å². The number of hydrogen-bond donors (Lipinski definition) is 2. The van der Waals surface area contributed by atoms with Gasteiger partial charge in [-0.05, 0) is 43.5 Å². The molecule has 3 heteroatoms. The van der Waals surface area contributed by atoms with Crippen LogP contribution in [0.3, 0.4) is 0 Å². The first kappa shape index (κ1) is 15.0. The second-order valence-corrected chi connectivity index (χ2v) is 4.85. The molecule has 1 unspecified atom stereocenters. The minimum absolute atomic E-state index is 0.210. The predicted octanol–water partition coefficient (Wildman–Crippen LogP) is 2.58. The maximum absolute atomic E-state index is 9.66. The zero-order chi connectivity index (χ0) is 13.4. The number of ether oxygens (including phenoxy) is 1. The number of rotatable bonds is 8. The number of aliphatic hydroxyl groups excluding tert-OH is 1. The van der Waals surface area contributed by atoms with Crippen molar-refractivity contribution in [1.82, 2.24) is 5.32 Å². The van der Waals surface area contributed by atoms with Crippen molar-refractivity contribution in [3.05, 3.63) is 29.8 Å². The molecular weight excluding hydrogens is 226 g/mol. The Balaban J connectivity index is 2.23. The van der Waals surface area contributed by atoms with Crippen LogP contribution >= 0.6 is 0 Å². The summed E-state index contributed by atoms with van der Waals surface area (Å²) in [6, 6.07) is 8.11. The first-order chi connectivity index (χ1) is 8.63. The molecule has 0 saturated heterocycles. The molecule has 0 bridgehead atoms. The molecule has 0 amide bonds. The van der Waals surface area contributed by atoms with Crippen molar-refractivity contribution in [3.63, 3.8) is 0 Å². The highest BCUT2D eigenvalue weighted by atomic mass is 16.5. The van der Waals surface area contributed by atoms with Gasteiger partial charge in [-0.3, -0.25) is 0 Å². The van der Waals surface area contributed by atoms with Gasteiger partial charge in [0, 0.05) is 6.54 Å².